The van der Waals surface area contributed by atoms with E-state index >= 15 is 0 Å². The van der Waals surface area contributed by atoms with E-state index in [9.17, 15) is 4.79 Å². The minimum Gasteiger partial charge on any atom is -0.497 e. The molecule has 1 aliphatic carbocycles. The van der Waals surface area contributed by atoms with Crippen molar-refractivity contribution in [2.45, 2.75) is 50.6 Å². The third kappa shape index (κ3) is 5.59. The topological polar surface area (TPSA) is 99.3 Å². The number of benzene rings is 2. The Bertz CT molecular complexity index is 976. The van der Waals surface area contributed by atoms with Crippen LogP contribution in [0.25, 0.3) is 11.0 Å². The summed E-state index contributed by atoms with van der Waals surface area (Å²) in [5.41, 5.74) is 2.92. The number of nitrogens with one attached hydrogen (secondary N) is 3. The summed E-state index contributed by atoms with van der Waals surface area (Å²) in [4.78, 5) is 21.0. The molecule has 1 aromatic heterocycles. The Labute approximate surface area is 188 Å². The molecule has 0 aliphatic heterocycles. The quantitative estimate of drug-likeness (QED) is 0.427. The summed E-state index contributed by atoms with van der Waals surface area (Å²) >= 11 is 0. The van der Waals surface area contributed by atoms with Gasteiger partial charge in [-0.3, -0.25) is 0 Å². The summed E-state index contributed by atoms with van der Waals surface area (Å²) in [6.07, 6.45) is 5.46. The third-order valence-electron chi connectivity index (χ3n) is 6.36. The molecule has 0 radical (unpaired) electrons. The van der Waals surface area contributed by atoms with Crippen LogP contribution in [0.1, 0.15) is 49.5 Å². The number of amides is 2. The van der Waals surface area contributed by atoms with Gasteiger partial charge in [-0.1, -0.05) is 24.3 Å². The predicted molar refractivity (Wildman–Crippen MR) is 125 cm³/mol. The molecule has 1 aliphatic rings. The van der Waals surface area contributed by atoms with E-state index in [1.807, 2.05) is 48.5 Å². The van der Waals surface area contributed by atoms with Crippen LogP contribution in [-0.2, 0) is 6.42 Å². The SMILES string of the molecule is COc1ccc(CC(NC(=O)NC2CCC(CCO)CC2)c2nc3ccccc3[nH]2)cc1. The van der Waals surface area contributed by atoms with E-state index in [0.29, 0.717) is 12.3 Å². The van der Waals surface area contributed by atoms with Crippen LogP contribution < -0.4 is 15.4 Å². The van der Waals surface area contributed by atoms with E-state index < -0.39 is 0 Å². The van der Waals surface area contributed by atoms with E-state index in [-0.39, 0.29) is 24.7 Å². The second-order valence-corrected chi connectivity index (χ2v) is 8.59. The lowest BCUT2D eigenvalue weighted by Crippen LogP contribution is -2.45. The monoisotopic (exact) mass is 436 g/mol. The lowest BCUT2D eigenvalue weighted by atomic mass is 9.84. The van der Waals surface area contributed by atoms with Gasteiger partial charge in [0.15, 0.2) is 0 Å². The van der Waals surface area contributed by atoms with Crippen molar-refractivity contribution in [1.82, 2.24) is 20.6 Å². The minimum atomic E-state index is -0.290. The number of para-hydroxylation sites is 2. The molecule has 7 heteroatoms. The van der Waals surface area contributed by atoms with Gasteiger partial charge in [0.05, 0.1) is 24.2 Å². The molecular weight excluding hydrogens is 404 g/mol. The van der Waals surface area contributed by atoms with Gasteiger partial charge in [-0.25, -0.2) is 9.78 Å². The first-order chi connectivity index (χ1) is 15.6. The number of rotatable bonds is 8. The fourth-order valence-electron chi connectivity index (χ4n) is 4.51. The van der Waals surface area contributed by atoms with Crippen molar-refractivity contribution >= 4 is 17.1 Å². The van der Waals surface area contributed by atoms with Crippen molar-refractivity contribution in [2.75, 3.05) is 13.7 Å². The Kier molecular flexibility index (Phi) is 7.27. The van der Waals surface area contributed by atoms with Crippen molar-refractivity contribution in [1.29, 1.82) is 0 Å². The van der Waals surface area contributed by atoms with Crippen LogP contribution in [0.4, 0.5) is 4.79 Å². The average molecular weight is 437 g/mol. The first kappa shape index (κ1) is 22.1. The van der Waals surface area contributed by atoms with E-state index in [1.54, 1.807) is 7.11 Å². The number of aliphatic hydroxyl groups excluding tert-OH is 1. The number of fused-ring (bicyclic) bond motifs is 1. The normalized spacial score (nSPS) is 19.4. The standard InChI is InChI=1S/C25H32N4O3/c1-32-20-12-8-18(9-13-20)16-23(24-27-21-4-2-3-5-22(21)28-24)29-25(31)26-19-10-6-17(7-11-19)14-15-30/h2-5,8-9,12-13,17,19,23,30H,6-7,10-11,14-16H2,1H3,(H,27,28)(H2,26,29,31). The molecule has 1 fully saturated rings. The zero-order valence-electron chi connectivity index (χ0n) is 18.5. The molecule has 3 aromatic rings. The number of imidazole rings is 1. The summed E-state index contributed by atoms with van der Waals surface area (Å²) in [6, 6.07) is 15.5. The van der Waals surface area contributed by atoms with Crippen molar-refractivity contribution in [3.05, 3.63) is 59.9 Å². The van der Waals surface area contributed by atoms with Gasteiger partial charge in [-0.05, 0) is 74.3 Å². The van der Waals surface area contributed by atoms with Crippen molar-refractivity contribution in [3.8, 4) is 5.75 Å². The first-order valence-electron chi connectivity index (χ1n) is 11.4. The molecule has 1 atom stereocenters. The number of carbonyl (C=O) groups is 1. The zero-order chi connectivity index (χ0) is 22.3. The molecule has 1 unspecified atom stereocenters. The van der Waals surface area contributed by atoms with Gasteiger partial charge in [0.25, 0.3) is 0 Å². The highest BCUT2D eigenvalue weighted by atomic mass is 16.5. The predicted octanol–water partition coefficient (Wildman–Crippen LogP) is 4.10. The van der Waals surface area contributed by atoms with Crippen LogP contribution in [0.15, 0.2) is 48.5 Å². The van der Waals surface area contributed by atoms with Crippen LogP contribution in [0.3, 0.4) is 0 Å². The van der Waals surface area contributed by atoms with Gasteiger partial charge in [0, 0.05) is 12.6 Å². The van der Waals surface area contributed by atoms with Gasteiger partial charge >= 0.3 is 6.03 Å². The maximum atomic E-state index is 12.9. The molecule has 0 bridgehead atoms. The summed E-state index contributed by atoms with van der Waals surface area (Å²) in [5.74, 6) is 2.11. The largest absolute Gasteiger partial charge is 0.497 e. The van der Waals surface area contributed by atoms with E-state index in [2.05, 4.69) is 15.6 Å². The molecule has 1 saturated carbocycles. The highest BCUT2D eigenvalue weighted by molar-refractivity contribution is 5.76. The third-order valence-corrected chi connectivity index (χ3v) is 6.36. The number of hydrogen-bond acceptors (Lipinski definition) is 4. The summed E-state index contributed by atoms with van der Waals surface area (Å²) < 4.78 is 5.26. The summed E-state index contributed by atoms with van der Waals surface area (Å²) in [5, 5.41) is 15.4. The number of nitrogens with zero attached hydrogens (tertiary/aromatic N) is 1. The maximum absolute atomic E-state index is 12.9. The second-order valence-electron chi connectivity index (χ2n) is 8.59. The molecule has 0 saturated heterocycles. The Morgan fingerprint density at radius 1 is 1.16 bits per heavy atom. The highest BCUT2D eigenvalue weighted by Gasteiger charge is 2.24. The van der Waals surface area contributed by atoms with E-state index in [1.165, 1.54) is 0 Å². The number of aromatic amines is 1. The molecule has 170 valence electrons. The molecule has 2 amide bonds. The van der Waals surface area contributed by atoms with Crippen LogP contribution in [0.5, 0.6) is 5.75 Å². The lowest BCUT2D eigenvalue weighted by Gasteiger charge is -2.29. The van der Waals surface area contributed by atoms with Crippen LogP contribution in [0, 0.1) is 5.92 Å². The van der Waals surface area contributed by atoms with Gasteiger partial charge in [0.1, 0.15) is 11.6 Å². The number of ether oxygens (including phenoxy) is 1. The molecule has 2 aromatic carbocycles. The van der Waals surface area contributed by atoms with Gasteiger partial charge < -0.3 is 25.5 Å². The number of urea groups is 1. The molecule has 0 spiro atoms. The molecule has 4 rings (SSSR count). The zero-order valence-corrected chi connectivity index (χ0v) is 18.5. The fourth-order valence-corrected chi connectivity index (χ4v) is 4.51. The number of methoxy groups -OCH3 is 1. The summed E-state index contributed by atoms with van der Waals surface area (Å²) in [7, 11) is 1.65. The Hall–Kier alpha value is -3.06. The Morgan fingerprint density at radius 3 is 2.59 bits per heavy atom. The van der Waals surface area contributed by atoms with Crippen LogP contribution in [-0.4, -0.2) is 40.9 Å². The van der Waals surface area contributed by atoms with Gasteiger partial charge in [0.2, 0.25) is 0 Å². The van der Waals surface area contributed by atoms with Gasteiger partial charge in [-0.15, -0.1) is 0 Å². The van der Waals surface area contributed by atoms with Crippen molar-refractivity contribution in [3.63, 3.8) is 0 Å². The number of H-pyrrole nitrogens is 1. The summed E-state index contributed by atoms with van der Waals surface area (Å²) in [6.45, 7) is 0.244. The highest BCUT2D eigenvalue weighted by Crippen LogP contribution is 2.27. The van der Waals surface area contributed by atoms with Crippen LogP contribution in [0.2, 0.25) is 0 Å². The number of hydrogen-bond donors (Lipinski definition) is 4. The molecule has 1 heterocycles. The molecular formula is C25H32N4O3. The molecule has 4 N–H and O–H groups in total. The smallest absolute Gasteiger partial charge is 0.315 e. The number of aromatic nitrogens is 2. The van der Waals surface area contributed by atoms with E-state index in [4.69, 9.17) is 14.8 Å². The molecule has 32 heavy (non-hydrogen) atoms. The van der Waals surface area contributed by atoms with Gasteiger partial charge in [-0.2, -0.15) is 0 Å². The number of carbonyl (C=O) groups excluding carboxylic acids is 1. The number of aliphatic hydroxyl groups is 1. The lowest BCUT2D eigenvalue weighted by molar-refractivity contribution is 0.204. The van der Waals surface area contributed by atoms with E-state index in [0.717, 1.165) is 60.3 Å². The molecule has 7 nitrogen and oxygen atoms in total. The maximum Gasteiger partial charge on any atom is 0.315 e. The first-order valence-corrected chi connectivity index (χ1v) is 11.4. The van der Waals surface area contributed by atoms with Crippen molar-refractivity contribution < 1.29 is 14.6 Å². The minimum absolute atomic E-state index is 0.169. The average Bonchev–Trinajstić information content (AvgIpc) is 3.25. The van der Waals surface area contributed by atoms with Crippen molar-refractivity contribution in [2.24, 2.45) is 5.92 Å². The van der Waals surface area contributed by atoms with Crippen LogP contribution >= 0.6 is 0 Å². The second kappa shape index (κ2) is 10.5. The fraction of sp³-hybridized carbons (Fsp3) is 0.440. The Balaban J connectivity index is 1.45. The Morgan fingerprint density at radius 2 is 1.91 bits per heavy atom.